The number of rotatable bonds is 3. The van der Waals surface area contributed by atoms with Crippen molar-refractivity contribution >= 4 is 29.0 Å². The number of carbonyl (C=O) groups is 1. The molecular weight excluding hydrogens is 284 g/mol. The number of ether oxygens (including phenoxy) is 1. The second-order valence-electron chi connectivity index (χ2n) is 4.80. The summed E-state index contributed by atoms with van der Waals surface area (Å²) in [5.41, 5.74) is 8.48. The van der Waals surface area contributed by atoms with Crippen LogP contribution in [0.3, 0.4) is 0 Å². The molecule has 2 N–H and O–H groups in total. The highest BCUT2D eigenvalue weighted by molar-refractivity contribution is 8.00. The van der Waals surface area contributed by atoms with E-state index in [4.69, 9.17) is 10.5 Å². The number of nitrogens with zero attached hydrogens (tertiary/aromatic N) is 1. The number of benzene rings is 2. The first-order chi connectivity index (χ1) is 10.2. The fraction of sp³-hybridized carbons (Fsp3) is 0.188. The lowest BCUT2D eigenvalue weighted by Crippen LogP contribution is -2.27. The molecule has 1 heterocycles. The maximum atomic E-state index is 12.2. The third kappa shape index (κ3) is 2.69. The molecule has 1 atom stereocenters. The van der Waals surface area contributed by atoms with Crippen LogP contribution in [0.4, 0.5) is 11.4 Å². The molecule has 1 aliphatic rings. The van der Waals surface area contributed by atoms with E-state index in [0.717, 1.165) is 17.0 Å². The summed E-state index contributed by atoms with van der Waals surface area (Å²) >= 11 is 1.61. The zero-order valence-corrected chi connectivity index (χ0v) is 12.5. The molecule has 0 aromatic heterocycles. The normalized spacial score (nSPS) is 18.0. The minimum atomic E-state index is -0.0330. The Balaban J connectivity index is 1.95. The van der Waals surface area contributed by atoms with E-state index in [1.54, 1.807) is 18.9 Å². The number of hydrogen-bond acceptors (Lipinski definition) is 4. The van der Waals surface area contributed by atoms with Gasteiger partial charge >= 0.3 is 0 Å². The number of amides is 1. The second-order valence-corrected chi connectivity index (χ2v) is 5.86. The number of nitrogens with two attached hydrogens (primary N) is 1. The summed E-state index contributed by atoms with van der Waals surface area (Å²) in [7, 11) is 1.63. The van der Waals surface area contributed by atoms with Gasteiger partial charge in [-0.15, -0.1) is 11.8 Å². The highest BCUT2D eigenvalue weighted by atomic mass is 32.2. The van der Waals surface area contributed by atoms with Gasteiger partial charge < -0.3 is 10.5 Å². The van der Waals surface area contributed by atoms with Gasteiger partial charge in [0.15, 0.2) is 0 Å². The summed E-state index contributed by atoms with van der Waals surface area (Å²) in [6.45, 7) is 0. The Morgan fingerprint density at radius 3 is 2.67 bits per heavy atom. The molecular formula is C16H16N2O2S. The minimum Gasteiger partial charge on any atom is -0.497 e. The van der Waals surface area contributed by atoms with Gasteiger partial charge in [-0.25, -0.2) is 0 Å². The fourth-order valence-corrected chi connectivity index (χ4v) is 3.57. The fourth-order valence-electron chi connectivity index (χ4n) is 2.41. The van der Waals surface area contributed by atoms with Gasteiger partial charge in [0.25, 0.3) is 0 Å². The lowest BCUT2D eigenvalue weighted by atomic mass is 10.1. The van der Waals surface area contributed by atoms with Crippen molar-refractivity contribution < 1.29 is 9.53 Å². The molecule has 1 amide bonds. The minimum absolute atomic E-state index is 0.0330. The molecule has 0 saturated carbocycles. The number of nitrogen functional groups attached to an aromatic ring is 1. The Labute approximate surface area is 127 Å². The first-order valence-electron chi connectivity index (χ1n) is 6.62. The average molecular weight is 300 g/mol. The summed E-state index contributed by atoms with van der Waals surface area (Å²) in [5, 5.41) is -0.0330. The summed E-state index contributed by atoms with van der Waals surface area (Å²) < 4.78 is 5.16. The summed E-state index contributed by atoms with van der Waals surface area (Å²) in [4.78, 5) is 14.1. The highest BCUT2D eigenvalue weighted by Crippen LogP contribution is 2.42. The van der Waals surface area contributed by atoms with Gasteiger partial charge in [0, 0.05) is 11.4 Å². The highest BCUT2D eigenvalue weighted by Gasteiger charge is 2.34. The van der Waals surface area contributed by atoms with Crippen LogP contribution in [0.2, 0.25) is 0 Å². The van der Waals surface area contributed by atoms with Crippen LogP contribution >= 0.6 is 11.8 Å². The summed E-state index contributed by atoms with van der Waals surface area (Å²) in [6.07, 6.45) is 0. The largest absolute Gasteiger partial charge is 0.497 e. The van der Waals surface area contributed by atoms with Crippen LogP contribution < -0.4 is 15.4 Å². The van der Waals surface area contributed by atoms with Crippen molar-refractivity contribution in [2.45, 2.75) is 5.37 Å². The average Bonchev–Trinajstić information content (AvgIpc) is 2.89. The SMILES string of the molecule is COc1ccc(N2C(=O)CS[C@@H]2c2cccc(N)c2)cc1. The van der Waals surface area contributed by atoms with E-state index in [-0.39, 0.29) is 11.3 Å². The van der Waals surface area contributed by atoms with Gasteiger partial charge in [-0.05, 0) is 42.0 Å². The number of thioether (sulfide) groups is 1. The molecule has 1 saturated heterocycles. The molecule has 0 bridgehead atoms. The van der Waals surface area contributed by atoms with Gasteiger partial charge in [0.1, 0.15) is 11.1 Å². The number of hydrogen-bond donors (Lipinski definition) is 1. The van der Waals surface area contributed by atoms with Gasteiger partial charge in [-0.3, -0.25) is 9.69 Å². The molecule has 21 heavy (non-hydrogen) atoms. The Hall–Kier alpha value is -2.14. The van der Waals surface area contributed by atoms with Crippen LogP contribution in [0.1, 0.15) is 10.9 Å². The molecule has 108 valence electrons. The van der Waals surface area contributed by atoms with Crippen molar-refractivity contribution in [1.29, 1.82) is 0 Å². The number of carbonyl (C=O) groups excluding carboxylic acids is 1. The number of methoxy groups -OCH3 is 1. The van der Waals surface area contributed by atoms with E-state index in [9.17, 15) is 4.79 Å². The Kier molecular flexibility index (Phi) is 3.75. The molecule has 4 nitrogen and oxygen atoms in total. The first kappa shape index (κ1) is 13.8. The van der Waals surface area contributed by atoms with Gasteiger partial charge in [-0.1, -0.05) is 12.1 Å². The van der Waals surface area contributed by atoms with Gasteiger partial charge in [-0.2, -0.15) is 0 Å². The number of anilines is 2. The van der Waals surface area contributed by atoms with E-state index in [1.807, 2.05) is 53.4 Å². The molecule has 0 spiro atoms. The van der Waals surface area contributed by atoms with Crippen LogP contribution in [0.5, 0.6) is 5.75 Å². The molecule has 5 heteroatoms. The summed E-state index contributed by atoms with van der Waals surface area (Å²) in [6, 6.07) is 15.2. The van der Waals surface area contributed by atoms with Crippen LogP contribution in [0.15, 0.2) is 48.5 Å². The van der Waals surface area contributed by atoms with E-state index < -0.39 is 0 Å². The van der Waals surface area contributed by atoms with Gasteiger partial charge in [0.05, 0.1) is 12.9 Å². The molecule has 0 aliphatic carbocycles. The smallest absolute Gasteiger partial charge is 0.238 e. The van der Waals surface area contributed by atoms with Crippen LogP contribution in [-0.2, 0) is 4.79 Å². The maximum absolute atomic E-state index is 12.2. The lowest BCUT2D eigenvalue weighted by molar-refractivity contribution is -0.115. The third-order valence-electron chi connectivity index (χ3n) is 3.41. The quantitative estimate of drug-likeness (QED) is 0.885. The van der Waals surface area contributed by atoms with Crippen LogP contribution in [0.25, 0.3) is 0 Å². The van der Waals surface area contributed by atoms with Crippen molar-refractivity contribution in [3.05, 3.63) is 54.1 Å². The zero-order chi connectivity index (χ0) is 14.8. The second kappa shape index (κ2) is 5.69. The van der Waals surface area contributed by atoms with E-state index in [1.165, 1.54) is 0 Å². The van der Waals surface area contributed by atoms with Gasteiger partial charge in [0.2, 0.25) is 5.91 Å². The monoisotopic (exact) mass is 300 g/mol. The van der Waals surface area contributed by atoms with Crippen molar-refractivity contribution in [3.63, 3.8) is 0 Å². The van der Waals surface area contributed by atoms with Crippen molar-refractivity contribution in [2.75, 3.05) is 23.5 Å². The Morgan fingerprint density at radius 1 is 1.24 bits per heavy atom. The topological polar surface area (TPSA) is 55.6 Å². The van der Waals surface area contributed by atoms with Crippen LogP contribution in [-0.4, -0.2) is 18.8 Å². The van der Waals surface area contributed by atoms with Crippen molar-refractivity contribution in [2.24, 2.45) is 0 Å². The Bertz CT molecular complexity index is 658. The van der Waals surface area contributed by atoms with E-state index in [0.29, 0.717) is 11.4 Å². The Morgan fingerprint density at radius 2 is 2.00 bits per heavy atom. The summed E-state index contributed by atoms with van der Waals surface area (Å²) in [5.74, 6) is 1.36. The zero-order valence-electron chi connectivity index (χ0n) is 11.7. The van der Waals surface area contributed by atoms with E-state index >= 15 is 0 Å². The predicted octanol–water partition coefficient (Wildman–Crippen LogP) is 3.06. The molecule has 0 radical (unpaired) electrons. The first-order valence-corrected chi connectivity index (χ1v) is 7.67. The third-order valence-corrected chi connectivity index (χ3v) is 4.63. The van der Waals surface area contributed by atoms with Crippen molar-refractivity contribution in [1.82, 2.24) is 0 Å². The predicted molar refractivity (Wildman–Crippen MR) is 86.5 cm³/mol. The molecule has 2 aromatic rings. The van der Waals surface area contributed by atoms with Crippen molar-refractivity contribution in [3.8, 4) is 5.75 Å². The lowest BCUT2D eigenvalue weighted by Gasteiger charge is -2.24. The standard InChI is InChI=1S/C16H16N2O2S/c1-20-14-7-5-13(6-8-14)18-15(19)10-21-16(18)11-3-2-4-12(17)9-11/h2-9,16H,10,17H2,1H3/t16-/m1/s1. The molecule has 1 fully saturated rings. The molecule has 0 unspecified atom stereocenters. The van der Waals surface area contributed by atoms with Crippen LogP contribution in [0, 0.1) is 0 Å². The van der Waals surface area contributed by atoms with E-state index in [2.05, 4.69) is 0 Å². The molecule has 3 rings (SSSR count). The molecule has 2 aromatic carbocycles. The molecule has 1 aliphatic heterocycles. The maximum Gasteiger partial charge on any atom is 0.238 e.